The summed E-state index contributed by atoms with van der Waals surface area (Å²) in [6.07, 6.45) is -0.612. The highest BCUT2D eigenvalue weighted by molar-refractivity contribution is 7.92. The number of sulfonamides is 1. The molecule has 17 heavy (non-hydrogen) atoms. The normalized spacial score (nSPS) is 19.1. The van der Waals surface area contributed by atoms with Crippen LogP contribution >= 0.6 is 0 Å². The topological polar surface area (TPSA) is 69.6 Å². The Kier molecular flexibility index (Phi) is 3.11. The highest BCUT2D eigenvalue weighted by atomic mass is 32.2. The van der Waals surface area contributed by atoms with Crippen molar-refractivity contribution < 1.29 is 13.5 Å². The minimum Gasteiger partial charge on any atom is -0.387 e. The van der Waals surface area contributed by atoms with Crippen molar-refractivity contribution in [3.63, 3.8) is 0 Å². The molecule has 0 aromatic heterocycles. The summed E-state index contributed by atoms with van der Waals surface area (Å²) < 4.78 is 24.6. The van der Waals surface area contributed by atoms with Crippen LogP contribution in [0.3, 0.4) is 0 Å². The molecule has 0 amide bonds. The van der Waals surface area contributed by atoms with E-state index in [1.54, 1.807) is 32.3 Å². The van der Waals surface area contributed by atoms with Crippen LogP contribution in [0.15, 0.2) is 18.2 Å². The number of benzene rings is 1. The molecule has 6 heteroatoms. The van der Waals surface area contributed by atoms with Crippen LogP contribution in [0.1, 0.15) is 17.2 Å². The maximum Gasteiger partial charge on any atom is 0.239 e. The summed E-state index contributed by atoms with van der Waals surface area (Å²) in [6, 6.07) is 5.27. The minimum atomic E-state index is -3.20. The van der Waals surface area contributed by atoms with Crippen LogP contribution in [0, 0.1) is 0 Å². The van der Waals surface area contributed by atoms with Crippen molar-refractivity contribution in [3.05, 3.63) is 29.3 Å². The Hall–Kier alpha value is -1.11. The molecule has 94 valence electrons. The number of aliphatic hydroxyl groups excluding tert-OH is 1. The van der Waals surface area contributed by atoms with E-state index in [2.05, 4.69) is 5.32 Å². The van der Waals surface area contributed by atoms with Crippen LogP contribution in [-0.2, 0) is 15.8 Å². The number of aliphatic hydroxyl groups is 1. The van der Waals surface area contributed by atoms with Gasteiger partial charge in [-0.05, 0) is 30.3 Å². The summed E-state index contributed by atoms with van der Waals surface area (Å²) in [4.78, 5) is 0. The zero-order valence-electron chi connectivity index (χ0n) is 9.84. The zero-order valence-corrected chi connectivity index (χ0v) is 10.7. The number of nitrogens with one attached hydrogen (secondary N) is 1. The zero-order chi connectivity index (χ0) is 12.6. The fraction of sp³-hybridized carbons (Fsp3) is 0.455. The first-order valence-corrected chi connectivity index (χ1v) is 6.98. The Bertz CT molecular complexity index is 528. The van der Waals surface area contributed by atoms with Crippen LogP contribution in [0.25, 0.3) is 0 Å². The van der Waals surface area contributed by atoms with Gasteiger partial charge in [-0.3, -0.25) is 4.31 Å². The number of fused-ring (bicyclic) bond motifs is 1. The average molecular weight is 256 g/mol. The van der Waals surface area contributed by atoms with Gasteiger partial charge in [-0.25, -0.2) is 8.42 Å². The molecule has 0 aliphatic carbocycles. The quantitative estimate of drug-likeness (QED) is 0.811. The van der Waals surface area contributed by atoms with Gasteiger partial charge in [0, 0.05) is 13.6 Å². The molecule has 0 radical (unpaired) electrons. The van der Waals surface area contributed by atoms with Crippen molar-refractivity contribution in [2.45, 2.75) is 11.9 Å². The molecular formula is C11H16N2O3S. The number of rotatable bonds is 3. The third-order valence-corrected chi connectivity index (χ3v) is 4.69. The first-order valence-electron chi connectivity index (χ1n) is 5.38. The van der Waals surface area contributed by atoms with Gasteiger partial charge in [0.15, 0.2) is 0 Å². The third-order valence-electron chi connectivity index (χ3n) is 2.98. The van der Waals surface area contributed by atoms with Gasteiger partial charge in [-0.15, -0.1) is 0 Å². The van der Waals surface area contributed by atoms with E-state index in [1.807, 2.05) is 0 Å². The average Bonchev–Trinajstić information content (AvgIpc) is 2.49. The number of likely N-dealkylation sites (N-methyl/N-ethyl adjacent to an activating group) is 1. The predicted molar refractivity (Wildman–Crippen MR) is 66.4 cm³/mol. The lowest BCUT2D eigenvalue weighted by atomic mass is 10.1. The molecule has 1 aliphatic heterocycles. The second kappa shape index (κ2) is 4.29. The van der Waals surface area contributed by atoms with Gasteiger partial charge < -0.3 is 10.4 Å². The Labute approximate surface area is 101 Å². The van der Waals surface area contributed by atoms with Gasteiger partial charge in [0.1, 0.15) is 0 Å². The van der Waals surface area contributed by atoms with Crippen molar-refractivity contribution >= 4 is 15.7 Å². The van der Waals surface area contributed by atoms with Crippen LogP contribution in [0.4, 0.5) is 5.69 Å². The fourth-order valence-electron chi connectivity index (χ4n) is 1.99. The van der Waals surface area contributed by atoms with Gasteiger partial charge in [0.2, 0.25) is 10.0 Å². The van der Waals surface area contributed by atoms with E-state index >= 15 is 0 Å². The summed E-state index contributed by atoms with van der Waals surface area (Å²) in [7, 11) is 0.102. The van der Waals surface area contributed by atoms with Crippen LogP contribution in [0.2, 0.25) is 0 Å². The number of nitrogens with zero attached hydrogens (tertiary/aromatic N) is 1. The predicted octanol–water partition coefficient (Wildman–Crippen LogP) is 0.219. The molecule has 0 saturated heterocycles. The van der Waals surface area contributed by atoms with E-state index in [0.717, 1.165) is 11.1 Å². The first kappa shape index (κ1) is 12.3. The van der Waals surface area contributed by atoms with Gasteiger partial charge >= 0.3 is 0 Å². The van der Waals surface area contributed by atoms with Crippen molar-refractivity contribution in [1.29, 1.82) is 0 Å². The van der Waals surface area contributed by atoms with Crippen molar-refractivity contribution in [2.75, 3.05) is 24.9 Å². The molecule has 1 atom stereocenters. The Balaban J connectivity index is 2.36. The lowest BCUT2D eigenvalue weighted by molar-refractivity contribution is 0.177. The summed E-state index contributed by atoms with van der Waals surface area (Å²) in [5.41, 5.74) is 2.19. The maximum absolute atomic E-state index is 11.7. The summed E-state index contributed by atoms with van der Waals surface area (Å²) in [6.45, 7) is 0.446. The van der Waals surface area contributed by atoms with E-state index in [1.165, 1.54) is 4.31 Å². The molecule has 1 aromatic rings. The highest BCUT2D eigenvalue weighted by Gasteiger charge is 2.30. The maximum atomic E-state index is 11.7. The second-order valence-corrected chi connectivity index (χ2v) is 6.19. The molecule has 2 rings (SSSR count). The van der Waals surface area contributed by atoms with Gasteiger partial charge in [0.05, 0.1) is 17.5 Å². The highest BCUT2D eigenvalue weighted by Crippen LogP contribution is 2.33. The molecule has 0 saturated carbocycles. The van der Waals surface area contributed by atoms with Gasteiger partial charge in [-0.2, -0.15) is 0 Å². The van der Waals surface area contributed by atoms with Crippen molar-refractivity contribution in [1.82, 2.24) is 5.32 Å². The monoisotopic (exact) mass is 256 g/mol. The van der Waals surface area contributed by atoms with Gasteiger partial charge in [0.25, 0.3) is 0 Å². The summed E-state index contributed by atoms with van der Waals surface area (Å²) in [5, 5.41) is 12.7. The lowest BCUT2D eigenvalue weighted by Crippen LogP contribution is -2.20. The van der Waals surface area contributed by atoms with E-state index in [9.17, 15) is 13.5 Å². The van der Waals surface area contributed by atoms with Crippen LogP contribution in [0.5, 0.6) is 0 Å². The fourth-order valence-corrected chi connectivity index (χ4v) is 3.29. The van der Waals surface area contributed by atoms with Crippen molar-refractivity contribution in [3.8, 4) is 0 Å². The molecule has 1 heterocycles. The number of anilines is 1. The standard InChI is InChI=1S/C11H16N2O3S/c1-12-6-11(14)8-3-4-10-9(5-8)7-17(15,16)13(10)2/h3-5,11-12,14H,6-7H2,1-2H3. The molecule has 0 spiro atoms. The van der Waals surface area contributed by atoms with Crippen molar-refractivity contribution in [2.24, 2.45) is 0 Å². The molecule has 5 nitrogen and oxygen atoms in total. The second-order valence-electron chi connectivity index (χ2n) is 4.19. The van der Waals surface area contributed by atoms with E-state index in [-0.39, 0.29) is 5.75 Å². The molecular weight excluding hydrogens is 240 g/mol. The van der Waals surface area contributed by atoms with E-state index in [0.29, 0.717) is 12.2 Å². The number of hydrogen-bond donors (Lipinski definition) is 2. The molecule has 0 fully saturated rings. The molecule has 1 unspecified atom stereocenters. The van der Waals surface area contributed by atoms with E-state index in [4.69, 9.17) is 0 Å². The van der Waals surface area contributed by atoms with Gasteiger partial charge in [-0.1, -0.05) is 6.07 Å². The smallest absolute Gasteiger partial charge is 0.239 e. The van der Waals surface area contributed by atoms with Crippen LogP contribution in [-0.4, -0.2) is 34.2 Å². The largest absolute Gasteiger partial charge is 0.387 e. The third kappa shape index (κ3) is 2.15. The SMILES string of the molecule is CNCC(O)c1ccc2c(c1)CS(=O)(=O)N2C. The molecule has 2 N–H and O–H groups in total. The number of hydrogen-bond acceptors (Lipinski definition) is 4. The Morgan fingerprint density at radius 3 is 2.88 bits per heavy atom. The van der Waals surface area contributed by atoms with E-state index < -0.39 is 16.1 Å². The summed E-state index contributed by atoms with van der Waals surface area (Å²) >= 11 is 0. The molecule has 0 bridgehead atoms. The Morgan fingerprint density at radius 2 is 2.24 bits per heavy atom. The molecule has 1 aromatic carbocycles. The lowest BCUT2D eigenvalue weighted by Gasteiger charge is -2.13. The Morgan fingerprint density at radius 1 is 1.53 bits per heavy atom. The minimum absolute atomic E-state index is 0.0128. The van der Waals surface area contributed by atoms with Crippen LogP contribution < -0.4 is 9.62 Å². The summed E-state index contributed by atoms with van der Waals surface area (Å²) in [5.74, 6) is 0.0128. The first-order chi connectivity index (χ1) is 7.95. The molecule has 1 aliphatic rings.